The summed E-state index contributed by atoms with van der Waals surface area (Å²) in [5.74, 6) is 0.196. The second kappa shape index (κ2) is 4.37. The van der Waals surface area contributed by atoms with E-state index in [0.29, 0.717) is 18.7 Å². The number of benzene rings is 1. The van der Waals surface area contributed by atoms with Crippen LogP contribution < -0.4 is 5.73 Å². The van der Waals surface area contributed by atoms with E-state index in [9.17, 15) is 8.42 Å². The molecule has 92 valence electrons. The van der Waals surface area contributed by atoms with Crippen LogP contribution in [0.1, 0.15) is 6.42 Å². The Balaban J connectivity index is 2.14. The lowest BCUT2D eigenvalue weighted by Gasteiger charge is -2.03. The van der Waals surface area contributed by atoms with Crippen LogP contribution in [0.3, 0.4) is 0 Å². The first-order valence-corrected chi connectivity index (χ1v) is 7.40. The van der Waals surface area contributed by atoms with Gasteiger partial charge >= 0.3 is 0 Å². The van der Waals surface area contributed by atoms with Crippen LogP contribution in [-0.4, -0.2) is 30.0 Å². The molecule has 0 radical (unpaired) electrons. The molecule has 6 heteroatoms. The van der Waals surface area contributed by atoms with Gasteiger partial charge in [0.15, 0.2) is 0 Å². The number of nitrogens with zero attached hydrogens (tertiary/aromatic N) is 2. The van der Waals surface area contributed by atoms with Gasteiger partial charge in [-0.3, -0.25) is 0 Å². The molecule has 0 aliphatic heterocycles. The molecule has 0 bridgehead atoms. The third kappa shape index (κ3) is 2.97. The zero-order valence-electron chi connectivity index (χ0n) is 9.63. The topological polar surface area (TPSA) is 78.0 Å². The summed E-state index contributed by atoms with van der Waals surface area (Å²) in [6, 6.07) is 5.53. The van der Waals surface area contributed by atoms with E-state index in [1.54, 1.807) is 6.33 Å². The maximum absolute atomic E-state index is 11.0. The minimum atomic E-state index is -2.89. The molecule has 17 heavy (non-hydrogen) atoms. The van der Waals surface area contributed by atoms with E-state index in [0.717, 1.165) is 11.0 Å². The zero-order valence-corrected chi connectivity index (χ0v) is 10.4. The van der Waals surface area contributed by atoms with Crippen molar-refractivity contribution in [3.8, 4) is 0 Å². The van der Waals surface area contributed by atoms with E-state index >= 15 is 0 Å². The van der Waals surface area contributed by atoms with E-state index < -0.39 is 9.84 Å². The molecule has 2 aromatic rings. The molecule has 0 fully saturated rings. The van der Waals surface area contributed by atoms with E-state index in [-0.39, 0.29) is 5.75 Å². The van der Waals surface area contributed by atoms with Crippen LogP contribution in [0.5, 0.6) is 0 Å². The molecule has 0 atom stereocenters. The van der Waals surface area contributed by atoms with Crippen LogP contribution in [0.4, 0.5) is 5.69 Å². The summed E-state index contributed by atoms with van der Waals surface area (Å²) >= 11 is 0. The lowest BCUT2D eigenvalue weighted by atomic mass is 10.3. The van der Waals surface area contributed by atoms with Gasteiger partial charge in [0.2, 0.25) is 0 Å². The number of nitrogens with two attached hydrogens (primary N) is 1. The molecule has 5 nitrogen and oxygen atoms in total. The molecule has 0 saturated carbocycles. The maximum atomic E-state index is 11.0. The third-order valence-electron chi connectivity index (χ3n) is 2.56. The van der Waals surface area contributed by atoms with Gasteiger partial charge in [-0.2, -0.15) is 0 Å². The Bertz CT molecular complexity index is 631. The standard InChI is InChI=1S/C11H15N3O2S/c1-17(15,16)6-2-5-14-8-13-10-7-9(12)3-4-11(10)14/h3-4,7-8H,2,5-6,12H2,1H3. The highest BCUT2D eigenvalue weighted by Gasteiger charge is 2.05. The first-order valence-electron chi connectivity index (χ1n) is 5.34. The molecule has 0 saturated heterocycles. The fraction of sp³-hybridized carbons (Fsp3) is 0.364. The van der Waals surface area contributed by atoms with E-state index in [1.165, 1.54) is 6.26 Å². The van der Waals surface area contributed by atoms with E-state index in [1.807, 2.05) is 22.8 Å². The number of rotatable bonds is 4. The summed E-state index contributed by atoms with van der Waals surface area (Å²) in [6.45, 7) is 0.646. The molecule has 0 amide bonds. The van der Waals surface area contributed by atoms with Crippen molar-refractivity contribution in [1.29, 1.82) is 0 Å². The van der Waals surface area contributed by atoms with Crippen molar-refractivity contribution in [2.75, 3.05) is 17.7 Å². The van der Waals surface area contributed by atoms with Crippen molar-refractivity contribution >= 4 is 26.6 Å². The minimum Gasteiger partial charge on any atom is -0.399 e. The Morgan fingerprint density at radius 1 is 1.41 bits per heavy atom. The fourth-order valence-electron chi connectivity index (χ4n) is 1.76. The number of hydrogen-bond acceptors (Lipinski definition) is 4. The number of anilines is 1. The summed E-state index contributed by atoms with van der Waals surface area (Å²) in [6.07, 6.45) is 3.56. The first kappa shape index (κ1) is 11.9. The molecule has 1 aromatic carbocycles. The summed E-state index contributed by atoms with van der Waals surface area (Å²) in [4.78, 5) is 4.23. The Morgan fingerprint density at radius 2 is 2.18 bits per heavy atom. The average molecular weight is 253 g/mol. The van der Waals surface area contributed by atoms with Crippen molar-refractivity contribution in [1.82, 2.24) is 9.55 Å². The Kier molecular flexibility index (Phi) is 3.06. The number of sulfone groups is 1. The van der Waals surface area contributed by atoms with E-state index in [4.69, 9.17) is 5.73 Å². The van der Waals surface area contributed by atoms with Gasteiger partial charge in [-0.1, -0.05) is 0 Å². The number of fused-ring (bicyclic) bond motifs is 1. The van der Waals surface area contributed by atoms with Crippen LogP contribution in [-0.2, 0) is 16.4 Å². The molecule has 0 aliphatic rings. The van der Waals surface area contributed by atoms with Gasteiger partial charge in [0.25, 0.3) is 0 Å². The molecule has 0 aliphatic carbocycles. The summed E-state index contributed by atoms with van der Waals surface area (Å²) in [5.41, 5.74) is 8.16. The SMILES string of the molecule is CS(=O)(=O)CCCn1cnc2cc(N)ccc21. The molecule has 1 heterocycles. The highest BCUT2D eigenvalue weighted by atomic mass is 32.2. The lowest BCUT2D eigenvalue weighted by Crippen LogP contribution is -2.06. The number of hydrogen-bond donors (Lipinski definition) is 1. The summed E-state index contributed by atoms with van der Waals surface area (Å²) in [7, 11) is -2.89. The van der Waals surface area contributed by atoms with Gasteiger partial charge in [0.05, 0.1) is 23.1 Å². The second-order valence-electron chi connectivity index (χ2n) is 4.17. The van der Waals surface area contributed by atoms with Gasteiger partial charge in [-0.25, -0.2) is 13.4 Å². The normalized spacial score (nSPS) is 12.1. The highest BCUT2D eigenvalue weighted by molar-refractivity contribution is 7.90. The van der Waals surface area contributed by atoms with Crippen molar-refractivity contribution in [3.63, 3.8) is 0 Å². The second-order valence-corrected chi connectivity index (χ2v) is 6.43. The lowest BCUT2D eigenvalue weighted by molar-refractivity contribution is 0.593. The highest BCUT2D eigenvalue weighted by Crippen LogP contribution is 2.16. The molecule has 2 rings (SSSR count). The summed E-state index contributed by atoms with van der Waals surface area (Å²) < 4.78 is 24.0. The van der Waals surface area contributed by atoms with Crippen molar-refractivity contribution in [2.45, 2.75) is 13.0 Å². The maximum Gasteiger partial charge on any atom is 0.147 e. The quantitative estimate of drug-likeness (QED) is 0.826. The van der Waals surface area contributed by atoms with Crippen molar-refractivity contribution < 1.29 is 8.42 Å². The van der Waals surface area contributed by atoms with Gasteiger partial charge in [0, 0.05) is 18.5 Å². The van der Waals surface area contributed by atoms with Crippen LogP contribution in [0.25, 0.3) is 11.0 Å². The first-order chi connectivity index (χ1) is 7.96. The molecular formula is C11H15N3O2S. The van der Waals surface area contributed by atoms with Crippen LogP contribution in [0, 0.1) is 0 Å². The average Bonchev–Trinajstić information content (AvgIpc) is 2.59. The fourth-order valence-corrected chi connectivity index (χ4v) is 2.41. The predicted molar refractivity (Wildman–Crippen MR) is 68.5 cm³/mol. The van der Waals surface area contributed by atoms with Crippen LogP contribution in [0.15, 0.2) is 24.5 Å². The van der Waals surface area contributed by atoms with Gasteiger partial charge in [-0.05, 0) is 24.6 Å². The zero-order chi connectivity index (χ0) is 12.5. The molecule has 0 unspecified atom stereocenters. The van der Waals surface area contributed by atoms with Gasteiger partial charge in [-0.15, -0.1) is 0 Å². The number of imidazole rings is 1. The molecule has 1 aromatic heterocycles. The number of aryl methyl sites for hydroxylation is 1. The predicted octanol–water partition coefficient (Wildman–Crippen LogP) is 1.05. The Hall–Kier alpha value is -1.56. The van der Waals surface area contributed by atoms with Crippen LogP contribution in [0.2, 0.25) is 0 Å². The monoisotopic (exact) mass is 253 g/mol. The van der Waals surface area contributed by atoms with E-state index in [2.05, 4.69) is 4.98 Å². The Morgan fingerprint density at radius 3 is 2.88 bits per heavy atom. The van der Waals surface area contributed by atoms with Gasteiger partial charge < -0.3 is 10.3 Å². The molecule has 2 N–H and O–H groups in total. The van der Waals surface area contributed by atoms with Crippen molar-refractivity contribution in [2.24, 2.45) is 0 Å². The smallest absolute Gasteiger partial charge is 0.147 e. The molecular weight excluding hydrogens is 238 g/mol. The third-order valence-corrected chi connectivity index (χ3v) is 3.59. The van der Waals surface area contributed by atoms with Crippen molar-refractivity contribution in [3.05, 3.63) is 24.5 Å². The number of aromatic nitrogens is 2. The minimum absolute atomic E-state index is 0.196. The largest absolute Gasteiger partial charge is 0.399 e. The Labute approximate surface area is 100 Å². The number of nitrogen functional groups attached to an aromatic ring is 1. The summed E-state index contributed by atoms with van der Waals surface area (Å²) in [5, 5.41) is 0. The molecule has 0 spiro atoms. The van der Waals surface area contributed by atoms with Crippen LogP contribution >= 0.6 is 0 Å². The van der Waals surface area contributed by atoms with Gasteiger partial charge in [0.1, 0.15) is 9.84 Å².